The molecule has 0 spiro atoms. The molecule has 1 aromatic carbocycles. The van der Waals surface area contributed by atoms with Crippen molar-refractivity contribution in [2.24, 2.45) is 7.05 Å². The number of carbonyl (C=O) groups is 1. The van der Waals surface area contributed by atoms with Crippen LogP contribution in [0.3, 0.4) is 0 Å². The smallest absolute Gasteiger partial charge is 0.290 e. The summed E-state index contributed by atoms with van der Waals surface area (Å²) in [7, 11) is 1.51. The molecular weight excluding hydrogens is 342 g/mol. The summed E-state index contributed by atoms with van der Waals surface area (Å²) in [6.45, 7) is 1.36. The number of nitrogens with zero attached hydrogens (tertiary/aromatic N) is 2. The van der Waals surface area contributed by atoms with E-state index in [0.717, 1.165) is 24.1 Å². The second-order valence-electron chi connectivity index (χ2n) is 5.75. The largest absolute Gasteiger partial charge is 0.376 e. The van der Waals surface area contributed by atoms with E-state index in [-0.39, 0.29) is 22.5 Å². The van der Waals surface area contributed by atoms with Gasteiger partial charge in [0.15, 0.2) is 10.8 Å². The molecule has 0 bridgehead atoms. The van der Waals surface area contributed by atoms with E-state index in [9.17, 15) is 9.59 Å². The van der Waals surface area contributed by atoms with Gasteiger partial charge in [-0.15, -0.1) is 0 Å². The van der Waals surface area contributed by atoms with Gasteiger partial charge < -0.3 is 10.1 Å². The summed E-state index contributed by atoms with van der Waals surface area (Å²) in [6, 6.07) is 6.85. The molecule has 0 radical (unpaired) electrons. The average molecular weight is 361 g/mol. The zero-order valence-electron chi connectivity index (χ0n) is 13.7. The number of carbonyl (C=O) groups excluding carboxylic acids is 1. The van der Waals surface area contributed by atoms with Crippen molar-refractivity contribution in [1.82, 2.24) is 25.9 Å². The van der Waals surface area contributed by atoms with Crippen LogP contribution in [0.5, 0.6) is 0 Å². The van der Waals surface area contributed by atoms with Crippen molar-refractivity contribution in [3.8, 4) is 0 Å². The monoisotopic (exact) mass is 361 g/mol. The van der Waals surface area contributed by atoms with Crippen LogP contribution in [-0.2, 0) is 11.8 Å². The molecular formula is C16H19N5O3S. The van der Waals surface area contributed by atoms with E-state index >= 15 is 0 Å². The predicted octanol–water partition coefficient (Wildman–Crippen LogP) is 0.221. The third kappa shape index (κ3) is 3.94. The van der Waals surface area contributed by atoms with Gasteiger partial charge in [-0.3, -0.25) is 20.4 Å². The van der Waals surface area contributed by atoms with E-state index in [4.69, 9.17) is 17.0 Å². The van der Waals surface area contributed by atoms with Gasteiger partial charge in [-0.25, -0.2) is 4.68 Å². The Hall–Kier alpha value is -2.52. The lowest BCUT2D eigenvalue weighted by Crippen LogP contribution is -2.48. The number of ether oxygens (including phenoxy) is 1. The summed E-state index contributed by atoms with van der Waals surface area (Å²) >= 11 is 5.13. The molecule has 0 aliphatic carbocycles. The van der Waals surface area contributed by atoms with Gasteiger partial charge in [-0.05, 0) is 31.1 Å². The van der Waals surface area contributed by atoms with Gasteiger partial charge in [0.1, 0.15) is 0 Å². The van der Waals surface area contributed by atoms with Crippen molar-refractivity contribution in [3.63, 3.8) is 0 Å². The zero-order chi connectivity index (χ0) is 17.8. The van der Waals surface area contributed by atoms with Crippen LogP contribution in [0, 0.1) is 0 Å². The number of hydrogen-bond donors (Lipinski definition) is 3. The number of benzene rings is 1. The number of hydrogen-bond acceptors (Lipinski definition) is 5. The highest BCUT2D eigenvalue weighted by molar-refractivity contribution is 7.80. The summed E-state index contributed by atoms with van der Waals surface area (Å²) in [5.41, 5.74) is 5.03. The van der Waals surface area contributed by atoms with E-state index in [0.29, 0.717) is 17.3 Å². The second-order valence-corrected chi connectivity index (χ2v) is 6.16. The number of amides is 1. The van der Waals surface area contributed by atoms with Crippen molar-refractivity contribution < 1.29 is 9.53 Å². The first kappa shape index (κ1) is 17.3. The average Bonchev–Trinajstić information content (AvgIpc) is 3.14. The molecule has 1 amide bonds. The van der Waals surface area contributed by atoms with Crippen molar-refractivity contribution in [2.45, 2.75) is 18.9 Å². The van der Waals surface area contributed by atoms with Crippen LogP contribution in [0.2, 0.25) is 0 Å². The maximum absolute atomic E-state index is 12.4. The molecule has 2 heterocycles. The third-order valence-corrected chi connectivity index (χ3v) is 4.22. The lowest BCUT2D eigenvalue weighted by atomic mass is 10.1. The molecule has 9 heteroatoms. The van der Waals surface area contributed by atoms with E-state index in [1.807, 2.05) is 0 Å². The van der Waals surface area contributed by atoms with Crippen molar-refractivity contribution >= 4 is 34.0 Å². The Morgan fingerprint density at radius 3 is 2.84 bits per heavy atom. The summed E-state index contributed by atoms with van der Waals surface area (Å²) < 4.78 is 6.64. The molecule has 25 heavy (non-hydrogen) atoms. The van der Waals surface area contributed by atoms with Crippen LogP contribution in [0.15, 0.2) is 29.1 Å². The first-order valence-corrected chi connectivity index (χ1v) is 8.39. The molecule has 1 atom stereocenters. The molecule has 1 aliphatic heterocycles. The molecule has 132 valence electrons. The van der Waals surface area contributed by atoms with Gasteiger partial charge in [-0.1, -0.05) is 18.2 Å². The minimum absolute atomic E-state index is 0.143. The summed E-state index contributed by atoms with van der Waals surface area (Å²) in [5, 5.41) is 8.26. The minimum atomic E-state index is -0.479. The zero-order valence-corrected chi connectivity index (χ0v) is 14.6. The fraction of sp³-hybridized carbons (Fsp3) is 0.375. The number of nitrogens with one attached hydrogen (secondary N) is 3. The standard InChI is InChI=1S/C16H19N5O3S/c1-21-15(23)12-7-3-2-6-11(12)13(20-21)14(22)18-19-16(25)17-9-10-5-4-8-24-10/h2-3,6-7,10H,4-5,8-9H2,1H3,(H,18,22)(H2,17,19,25)/t10-/m0/s1. The van der Waals surface area contributed by atoms with Crippen LogP contribution in [0.1, 0.15) is 23.3 Å². The van der Waals surface area contributed by atoms with E-state index in [1.165, 1.54) is 7.05 Å². The fourth-order valence-electron chi connectivity index (χ4n) is 2.70. The molecule has 0 unspecified atom stereocenters. The Morgan fingerprint density at radius 2 is 2.12 bits per heavy atom. The van der Waals surface area contributed by atoms with E-state index in [1.54, 1.807) is 24.3 Å². The van der Waals surface area contributed by atoms with Crippen molar-refractivity contribution in [3.05, 3.63) is 40.3 Å². The van der Waals surface area contributed by atoms with Crippen LogP contribution < -0.4 is 21.7 Å². The quantitative estimate of drug-likeness (QED) is 0.531. The first-order valence-electron chi connectivity index (χ1n) is 7.98. The number of hydrazine groups is 1. The molecule has 1 fully saturated rings. The Kier molecular flexibility index (Phi) is 5.25. The molecule has 3 N–H and O–H groups in total. The predicted molar refractivity (Wildman–Crippen MR) is 97.2 cm³/mol. The normalized spacial score (nSPS) is 16.6. The van der Waals surface area contributed by atoms with E-state index in [2.05, 4.69) is 21.3 Å². The van der Waals surface area contributed by atoms with E-state index < -0.39 is 5.91 Å². The topological polar surface area (TPSA) is 97.3 Å². The van der Waals surface area contributed by atoms with Crippen LogP contribution in [0.4, 0.5) is 0 Å². The Bertz CT molecular complexity index is 860. The molecule has 8 nitrogen and oxygen atoms in total. The highest BCUT2D eigenvalue weighted by Gasteiger charge is 2.17. The molecule has 3 rings (SSSR count). The highest BCUT2D eigenvalue weighted by Crippen LogP contribution is 2.12. The summed E-state index contributed by atoms with van der Waals surface area (Å²) in [5.74, 6) is -0.479. The number of fused-ring (bicyclic) bond motifs is 1. The SMILES string of the molecule is Cn1nc(C(=O)NNC(=S)NC[C@@H]2CCCO2)c2ccccc2c1=O. The maximum atomic E-state index is 12.4. The maximum Gasteiger partial charge on any atom is 0.290 e. The van der Waals surface area contributed by atoms with Gasteiger partial charge in [0.05, 0.1) is 11.5 Å². The Balaban J connectivity index is 1.65. The molecule has 1 aromatic heterocycles. The van der Waals surface area contributed by atoms with Gasteiger partial charge in [0.25, 0.3) is 11.5 Å². The van der Waals surface area contributed by atoms with Crippen LogP contribution in [0.25, 0.3) is 10.8 Å². The Labute approximate surface area is 149 Å². The van der Waals surface area contributed by atoms with Crippen LogP contribution >= 0.6 is 12.2 Å². The van der Waals surface area contributed by atoms with Gasteiger partial charge in [0, 0.05) is 25.6 Å². The molecule has 0 saturated carbocycles. The number of rotatable bonds is 3. The third-order valence-electron chi connectivity index (χ3n) is 3.98. The fourth-order valence-corrected chi connectivity index (χ4v) is 2.83. The number of aryl methyl sites for hydroxylation is 1. The Morgan fingerprint density at radius 1 is 1.36 bits per heavy atom. The highest BCUT2D eigenvalue weighted by atomic mass is 32.1. The van der Waals surface area contributed by atoms with Gasteiger partial charge in [-0.2, -0.15) is 5.10 Å². The minimum Gasteiger partial charge on any atom is -0.376 e. The van der Waals surface area contributed by atoms with Gasteiger partial charge in [0.2, 0.25) is 0 Å². The lowest BCUT2D eigenvalue weighted by molar-refractivity contribution is 0.0938. The second kappa shape index (κ2) is 7.58. The first-order chi connectivity index (χ1) is 12.1. The summed E-state index contributed by atoms with van der Waals surface area (Å²) in [6.07, 6.45) is 2.19. The number of aromatic nitrogens is 2. The van der Waals surface area contributed by atoms with Crippen molar-refractivity contribution in [1.29, 1.82) is 0 Å². The van der Waals surface area contributed by atoms with Gasteiger partial charge >= 0.3 is 0 Å². The van der Waals surface area contributed by atoms with Crippen LogP contribution in [-0.4, -0.2) is 40.1 Å². The molecule has 1 aliphatic rings. The van der Waals surface area contributed by atoms with Crippen molar-refractivity contribution in [2.75, 3.05) is 13.2 Å². The molecule has 1 saturated heterocycles. The lowest BCUT2D eigenvalue weighted by Gasteiger charge is -2.15. The number of thiocarbonyl (C=S) groups is 1. The summed E-state index contributed by atoms with van der Waals surface area (Å²) in [4.78, 5) is 24.5. The molecule has 2 aromatic rings.